The predicted octanol–water partition coefficient (Wildman–Crippen LogP) is 6.10. The highest BCUT2D eigenvalue weighted by Crippen LogP contribution is 2.49. The smallest absolute Gasteiger partial charge is 0.331 e. The molecule has 0 spiro atoms. The molecule has 0 amide bonds. The van der Waals surface area contributed by atoms with Gasteiger partial charge in [0.15, 0.2) is 0 Å². The quantitative estimate of drug-likeness (QED) is 0.461. The Labute approximate surface area is 170 Å². The zero-order valence-electron chi connectivity index (χ0n) is 18.6. The van der Waals surface area contributed by atoms with Crippen LogP contribution in [0.15, 0.2) is 35.6 Å². The highest BCUT2D eigenvalue weighted by Gasteiger charge is 2.39. The highest BCUT2D eigenvalue weighted by molar-refractivity contribution is 5.86. The molecular weight excluding hydrogens is 346 g/mol. The van der Waals surface area contributed by atoms with Gasteiger partial charge in [-0.25, -0.2) is 4.79 Å². The lowest BCUT2D eigenvalue weighted by atomic mass is 9.60. The molecular formula is C25H37NO2. The molecule has 2 atom stereocenters. The Hall–Kier alpha value is -2.03. The van der Waals surface area contributed by atoms with Crippen molar-refractivity contribution in [3.05, 3.63) is 57.8 Å². The first-order valence-electron chi connectivity index (χ1n) is 10.5. The maximum atomic E-state index is 11.1. The summed E-state index contributed by atoms with van der Waals surface area (Å²) in [5.41, 5.74) is 13.3. The Morgan fingerprint density at radius 3 is 2.36 bits per heavy atom. The molecule has 0 heterocycles. The average molecular weight is 384 g/mol. The molecule has 0 fully saturated rings. The lowest BCUT2D eigenvalue weighted by molar-refractivity contribution is -0.132. The molecule has 2 rings (SSSR count). The number of rotatable bonds is 6. The number of carboxylic acids is 1. The zero-order chi connectivity index (χ0) is 21.3. The van der Waals surface area contributed by atoms with Crippen LogP contribution in [0.2, 0.25) is 0 Å². The van der Waals surface area contributed by atoms with Crippen LogP contribution in [0.5, 0.6) is 0 Å². The van der Waals surface area contributed by atoms with Gasteiger partial charge in [0.2, 0.25) is 0 Å². The number of aryl methyl sites for hydroxylation is 1. The minimum atomic E-state index is -0.914. The maximum Gasteiger partial charge on any atom is 0.331 e. The Bertz CT molecular complexity index is 816. The molecule has 1 aliphatic rings. The van der Waals surface area contributed by atoms with E-state index in [-0.39, 0.29) is 16.7 Å². The molecule has 0 bridgehead atoms. The van der Waals surface area contributed by atoms with Crippen LogP contribution in [0.1, 0.15) is 95.4 Å². The molecule has 3 N–H and O–H groups in total. The Morgan fingerprint density at radius 2 is 1.82 bits per heavy atom. The average Bonchev–Trinajstić information content (AvgIpc) is 2.64. The van der Waals surface area contributed by atoms with Gasteiger partial charge in [-0.05, 0) is 78.7 Å². The van der Waals surface area contributed by atoms with E-state index in [1.165, 1.54) is 35.1 Å². The minimum Gasteiger partial charge on any atom is -0.478 e. The molecule has 3 nitrogen and oxygen atoms in total. The molecule has 154 valence electrons. The first kappa shape index (κ1) is 22.3. The van der Waals surface area contributed by atoms with Crippen LogP contribution in [0, 0.1) is 6.92 Å². The van der Waals surface area contributed by atoms with Gasteiger partial charge < -0.3 is 10.8 Å². The lowest BCUT2D eigenvalue weighted by Crippen LogP contribution is -2.36. The van der Waals surface area contributed by atoms with Gasteiger partial charge in [-0.3, -0.25) is 0 Å². The highest BCUT2D eigenvalue weighted by atomic mass is 16.4. The Kier molecular flexibility index (Phi) is 6.48. The normalized spacial score (nSPS) is 23.2. The molecule has 2 unspecified atom stereocenters. The third-order valence-electron chi connectivity index (χ3n) is 6.92. The summed E-state index contributed by atoms with van der Waals surface area (Å²) in [5, 5.41) is 9.08. The van der Waals surface area contributed by atoms with E-state index in [9.17, 15) is 4.79 Å². The lowest BCUT2D eigenvalue weighted by Gasteiger charge is -2.44. The molecule has 0 saturated carbocycles. The van der Waals surface area contributed by atoms with Gasteiger partial charge in [-0.1, -0.05) is 52.8 Å². The molecule has 0 saturated heterocycles. The zero-order valence-corrected chi connectivity index (χ0v) is 18.6. The number of hydrogen-bond acceptors (Lipinski definition) is 2. The molecule has 1 aromatic carbocycles. The number of fused-ring (bicyclic) bond motifs is 1. The third-order valence-corrected chi connectivity index (χ3v) is 6.92. The number of carbonyl (C=O) groups is 1. The van der Waals surface area contributed by atoms with Crippen LogP contribution in [-0.4, -0.2) is 11.1 Å². The van der Waals surface area contributed by atoms with Crippen molar-refractivity contribution >= 4 is 5.97 Å². The first-order chi connectivity index (χ1) is 13.0. The van der Waals surface area contributed by atoms with Gasteiger partial charge >= 0.3 is 5.97 Å². The standard InChI is InChI=1S/C25H37NO2/c1-8-18(22(26)11-10-16(3)23(27)28)19-15-20-21(14-17(19)4)25(7,9-2)13-12-24(20,5)6/h10-11,14-15,18H,8-9,12-13,26H2,1-7H3,(H,27,28)/b16-10+,22-11-. The van der Waals surface area contributed by atoms with Crippen molar-refractivity contribution in [1.29, 1.82) is 0 Å². The predicted molar refractivity (Wildman–Crippen MR) is 118 cm³/mol. The van der Waals surface area contributed by atoms with E-state index in [2.05, 4.69) is 53.7 Å². The fraction of sp³-hybridized carbons (Fsp3) is 0.560. The van der Waals surface area contributed by atoms with Crippen LogP contribution < -0.4 is 5.73 Å². The molecule has 1 aliphatic carbocycles. The van der Waals surface area contributed by atoms with E-state index in [1.54, 1.807) is 19.1 Å². The van der Waals surface area contributed by atoms with Crippen molar-refractivity contribution in [3.8, 4) is 0 Å². The van der Waals surface area contributed by atoms with Gasteiger partial charge in [0.25, 0.3) is 0 Å². The summed E-state index contributed by atoms with van der Waals surface area (Å²) in [4.78, 5) is 11.1. The summed E-state index contributed by atoms with van der Waals surface area (Å²) in [6.45, 7) is 15.3. The summed E-state index contributed by atoms with van der Waals surface area (Å²) < 4.78 is 0. The van der Waals surface area contributed by atoms with E-state index in [1.807, 2.05) is 0 Å². The molecule has 28 heavy (non-hydrogen) atoms. The van der Waals surface area contributed by atoms with Crippen molar-refractivity contribution in [1.82, 2.24) is 0 Å². The first-order valence-corrected chi connectivity index (χ1v) is 10.5. The largest absolute Gasteiger partial charge is 0.478 e. The maximum absolute atomic E-state index is 11.1. The van der Waals surface area contributed by atoms with Crippen molar-refractivity contribution in [2.24, 2.45) is 5.73 Å². The van der Waals surface area contributed by atoms with Crippen molar-refractivity contribution in [2.75, 3.05) is 0 Å². The van der Waals surface area contributed by atoms with Crippen molar-refractivity contribution in [3.63, 3.8) is 0 Å². The second-order valence-corrected chi connectivity index (χ2v) is 9.33. The van der Waals surface area contributed by atoms with Gasteiger partial charge in [-0.2, -0.15) is 0 Å². The molecule has 3 heteroatoms. The van der Waals surface area contributed by atoms with E-state index in [0.29, 0.717) is 5.57 Å². The van der Waals surface area contributed by atoms with E-state index in [4.69, 9.17) is 10.8 Å². The second kappa shape index (κ2) is 8.14. The van der Waals surface area contributed by atoms with Gasteiger partial charge in [0.05, 0.1) is 0 Å². The summed E-state index contributed by atoms with van der Waals surface area (Å²) in [6.07, 6.45) is 7.81. The topological polar surface area (TPSA) is 63.3 Å². The van der Waals surface area contributed by atoms with Crippen molar-refractivity contribution in [2.45, 2.75) is 90.9 Å². The monoisotopic (exact) mass is 383 g/mol. The molecule has 1 aromatic rings. The summed E-state index contributed by atoms with van der Waals surface area (Å²) >= 11 is 0. The third kappa shape index (κ3) is 4.19. The van der Waals surface area contributed by atoms with E-state index >= 15 is 0 Å². The fourth-order valence-electron chi connectivity index (χ4n) is 4.43. The molecule has 0 aliphatic heterocycles. The van der Waals surface area contributed by atoms with Gasteiger partial charge in [0.1, 0.15) is 0 Å². The number of benzene rings is 1. The van der Waals surface area contributed by atoms with Gasteiger partial charge in [0, 0.05) is 17.2 Å². The molecule has 0 aromatic heterocycles. The van der Waals surface area contributed by atoms with E-state index in [0.717, 1.165) is 18.5 Å². The fourth-order valence-corrected chi connectivity index (χ4v) is 4.43. The van der Waals surface area contributed by atoms with Crippen LogP contribution in [0.25, 0.3) is 0 Å². The number of aliphatic carboxylic acids is 1. The number of allylic oxidation sites excluding steroid dienone is 3. The summed E-state index contributed by atoms with van der Waals surface area (Å²) in [6, 6.07) is 4.78. The summed E-state index contributed by atoms with van der Waals surface area (Å²) in [7, 11) is 0. The Balaban J connectivity index is 2.58. The van der Waals surface area contributed by atoms with Crippen LogP contribution in [0.3, 0.4) is 0 Å². The number of carboxylic acid groups (broad SMARTS) is 1. The SMILES string of the molecule is CCC(/C(N)=C/C=C(\C)C(=O)O)c1cc2c(cc1C)C(C)(CC)CCC2(C)C. The van der Waals surface area contributed by atoms with Gasteiger partial charge in [-0.15, -0.1) is 0 Å². The second-order valence-electron chi connectivity index (χ2n) is 9.33. The number of nitrogens with two attached hydrogens (primary N) is 1. The summed E-state index contributed by atoms with van der Waals surface area (Å²) in [5.74, 6) is -0.823. The van der Waals surface area contributed by atoms with Crippen molar-refractivity contribution < 1.29 is 9.90 Å². The van der Waals surface area contributed by atoms with Crippen LogP contribution >= 0.6 is 0 Å². The van der Waals surface area contributed by atoms with Crippen LogP contribution in [0.4, 0.5) is 0 Å². The van der Waals surface area contributed by atoms with Crippen LogP contribution in [-0.2, 0) is 15.6 Å². The van der Waals surface area contributed by atoms with E-state index < -0.39 is 5.97 Å². The molecule has 0 radical (unpaired) electrons. The minimum absolute atomic E-state index is 0.0914. The number of hydrogen-bond donors (Lipinski definition) is 2. The Morgan fingerprint density at radius 1 is 1.18 bits per heavy atom.